The first-order valence-corrected chi connectivity index (χ1v) is 8.06. The van der Waals surface area contributed by atoms with Gasteiger partial charge in [0.2, 0.25) is 0 Å². The van der Waals surface area contributed by atoms with Gasteiger partial charge in [-0.3, -0.25) is 0 Å². The number of hydrogen-bond acceptors (Lipinski definition) is 2. The highest BCUT2D eigenvalue weighted by molar-refractivity contribution is 5.28. The third-order valence-electron chi connectivity index (χ3n) is 4.61. The predicted molar refractivity (Wildman–Crippen MR) is 87.2 cm³/mol. The molecule has 0 radical (unpaired) electrons. The van der Waals surface area contributed by atoms with Crippen molar-refractivity contribution in [3.63, 3.8) is 0 Å². The van der Waals surface area contributed by atoms with E-state index >= 15 is 0 Å². The van der Waals surface area contributed by atoms with Crippen LogP contribution in [0.25, 0.3) is 0 Å². The summed E-state index contributed by atoms with van der Waals surface area (Å²) in [5, 5.41) is 3.61. The van der Waals surface area contributed by atoms with Crippen LogP contribution in [0.5, 0.6) is 0 Å². The highest BCUT2D eigenvalue weighted by Crippen LogP contribution is 2.27. The molecule has 1 atom stereocenters. The van der Waals surface area contributed by atoms with Crippen LogP contribution < -0.4 is 5.32 Å². The van der Waals surface area contributed by atoms with Gasteiger partial charge in [0.1, 0.15) is 5.82 Å². The van der Waals surface area contributed by atoms with Gasteiger partial charge in [0.25, 0.3) is 0 Å². The highest BCUT2D eigenvalue weighted by Gasteiger charge is 2.35. The number of benzene rings is 1. The Morgan fingerprint density at radius 3 is 2.43 bits per heavy atom. The average Bonchev–Trinajstić information content (AvgIpc) is 2.50. The maximum absolute atomic E-state index is 13.5. The van der Waals surface area contributed by atoms with Crippen LogP contribution in [0.3, 0.4) is 0 Å². The summed E-state index contributed by atoms with van der Waals surface area (Å²) in [6.45, 7) is 9.46. The minimum Gasteiger partial charge on any atom is -0.377 e. The minimum absolute atomic E-state index is 0.166. The number of rotatable bonds is 9. The largest absolute Gasteiger partial charge is 0.377 e. The van der Waals surface area contributed by atoms with Crippen molar-refractivity contribution in [2.45, 2.75) is 65.0 Å². The Morgan fingerprint density at radius 1 is 1.24 bits per heavy atom. The summed E-state index contributed by atoms with van der Waals surface area (Å²) >= 11 is 0. The molecule has 21 heavy (non-hydrogen) atoms. The zero-order chi connectivity index (χ0) is 15.9. The van der Waals surface area contributed by atoms with Crippen molar-refractivity contribution in [3.8, 4) is 0 Å². The van der Waals surface area contributed by atoms with E-state index in [9.17, 15) is 4.39 Å². The van der Waals surface area contributed by atoms with Crippen LogP contribution in [0.4, 0.5) is 4.39 Å². The fourth-order valence-electron chi connectivity index (χ4n) is 3.02. The Bertz CT molecular complexity index is 421. The summed E-state index contributed by atoms with van der Waals surface area (Å²) < 4.78 is 19.4. The molecule has 1 aromatic carbocycles. The van der Waals surface area contributed by atoms with E-state index in [2.05, 4.69) is 26.1 Å². The van der Waals surface area contributed by atoms with Gasteiger partial charge in [0.15, 0.2) is 0 Å². The molecule has 1 N–H and O–H groups in total. The van der Waals surface area contributed by atoms with Gasteiger partial charge in [-0.05, 0) is 62.4 Å². The second kappa shape index (κ2) is 8.50. The molecule has 0 amide bonds. The van der Waals surface area contributed by atoms with Crippen molar-refractivity contribution in [3.05, 3.63) is 35.1 Å². The summed E-state index contributed by atoms with van der Waals surface area (Å²) in [6, 6.07) is 5.23. The molecule has 0 saturated heterocycles. The third-order valence-corrected chi connectivity index (χ3v) is 4.61. The average molecular weight is 295 g/mol. The molecule has 3 heteroatoms. The molecule has 0 aliphatic carbocycles. The molecule has 1 rings (SSSR count). The lowest BCUT2D eigenvalue weighted by atomic mass is 9.83. The molecule has 0 aliphatic heterocycles. The molecule has 0 heterocycles. The second-order valence-corrected chi connectivity index (χ2v) is 5.76. The van der Waals surface area contributed by atoms with E-state index in [1.165, 1.54) is 6.07 Å². The second-order valence-electron chi connectivity index (χ2n) is 5.76. The fraction of sp³-hybridized carbons (Fsp3) is 0.667. The molecular weight excluding hydrogens is 265 g/mol. The summed E-state index contributed by atoms with van der Waals surface area (Å²) in [5.41, 5.74) is 2.00. The summed E-state index contributed by atoms with van der Waals surface area (Å²) in [7, 11) is 1.78. The maximum Gasteiger partial charge on any atom is 0.123 e. The van der Waals surface area contributed by atoms with Crippen molar-refractivity contribution in [1.29, 1.82) is 0 Å². The number of methoxy groups -OCH3 is 1. The van der Waals surface area contributed by atoms with Gasteiger partial charge in [0, 0.05) is 13.2 Å². The SMILES string of the molecule is CCCNC(Cc1cc(F)ccc1C)C(CC)(CC)OC. The first-order valence-electron chi connectivity index (χ1n) is 8.06. The molecule has 0 bridgehead atoms. The summed E-state index contributed by atoms with van der Waals surface area (Å²) in [5.74, 6) is -0.166. The van der Waals surface area contributed by atoms with E-state index in [0.29, 0.717) is 0 Å². The topological polar surface area (TPSA) is 21.3 Å². The smallest absolute Gasteiger partial charge is 0.123 e. The maximum atomic E-state index is 13.5. The molecule has 0 saturated carbocycles. The molecule has 2 nitrogen and oxygen atoms in total. The standard InChI is InChI=1S/C18H30FNO/c1-6-11-20-17(18(7-2,8-3)21-5)13-15-12-16(19)10-9-14(15)4/h9-10,12,17,20H,6-8,11,13H2,1-5H3. The molecule has 1 unspecified atom stereocenters. The quantitative estimate of drug-likeness (QED) is 0.735. The Hall–Kier alpha value is -0.930. The van der Waals surface area contributed by atoms with Crippen molar-refractivity contribution in [2.75, 3.05) is 13.7 Å². The van der Waals surface area contributed by atoms with E-state index in [0.717, 1.165) is 43.4 Å². The Balaban J connectivity index is 3.04. The lowest BCUT2D eigenvalue weighted by Crippen LogP contribution is -2.53. The Morgan fingerprint density at radius 2 is 1.90 bits per heavy atom. The predicted octanol–water partition coefficient (Wildman–Crippen LogP) is 4.25. The first-order chi connectivity index (χ1) is 10.0. The van der Waals surface area contributed by atoms with E-state index in [-0.39, 0.29) is 17.5 Å². The van der Waals surface area contributed by atoms with Crippen LogP contribution in [0.2, 0.25) is 0 Å². The monoisotopic (exact) mass is 295 g/mol. The molecule has 0 aromatic heterocycles. The van der Waals surface area contributed by atoms with Crippen LogP contribution in [0, 0.1) is 12.7 Å². The normalized spacial score (nSPS) is 13.4. The van der Waals surface area contributed by atoms with E-state index < -0.39 is 0 Å². The Kier molecular flexibility index (Phi) is 7.33. The van der Waals surface area contributed by atoms with Gasteiger partial charge in [-0.1, -0.05) is 26.8 Å². The number of ether oxygens (including phenoxy) is 1. The van der Waals surface area contributed by atoms with Crippen molar-refractivity contribution in [2.24, 2.45) is 0 Å². The van der Waals surface area contributed by atoms with Crippen molar-refractivity contribution >= 4 is 0 Å². The third kappa shape index (κ3) is 4.52. The van der Waals surface area contributed by atoms with Crippen molar-refractivity contribution in [1.82, 2.24) is 5.32 Å². The van der Waals surface area contributed by atoms with Gasteiger partial charge >= 0.3 is 0 Å². The highest BCUT2D eigenvalue weighted by atomic mass is 19.1. The van der Waals surface area contributed by atoms with Gasteiger partial charge < -0.3 is 10.1 Å². The van der Waals surface area contributed by atoms with Crippen molar-refractivity contribution < 1.29 is 9.13 Å². The molecular formula is C18H30FNO. The lowest BCUT2D eigenvalue weighted by molar-refractivity contribution is -0.0472. The van der Waals surface area contributed by atoms with Crippen LogP contribution in [-0.4, -0.2) is 25.3 Å². The minimum atomic E-state index is -0.200. The van der Waals surface area contributed by atoms with E-state index in [1.54, 1.807) is 13.2 Å². The molecule has 0 spiro atoms. The van der Waals surface area contributed by atoms with E-state index in [1.807, 2.05) is 13.0 Å². The van der Waals surface area contributed by atoms with Crippen LogP contribution in [0.1, 0.15) is 51.2 Å². The molecule has 1 aromatic rings. The first kappa shape index (κ1) is 18.1. The van der Waals surface area contributed by atoms with Crippen LogP contribution >= 0.6 is 0 Å². The zero-order valence-corrected chi connectivity index (χ0v) is 14.1. The van der Waals surface area contributed by atoms with Gasteiger partial charge in [0.05, 0.1) is 5.60 Å². The van der Waals surface area contributed by atoms with Crippen LogP contribution in [-0.2, 0) is 11.2 Å². The van der Waals surface area contributed by atoms with Crippen LogP contribution in [0.15, 0.2) is 18.2 Å². The molecule has 0 aliphatic rings. The Labute approximate surface area is 129 Å². The van der Waals surface area contributed by atoms with Gasteiger partial charge in [-0.25, -0.2) is 4.39 Å². The fourth-order valence-corrected chi connectivity index (χ4v) is 3.02. The summed E-state index contributed by atoms with van der Waals surface area (Å²) in [4.78, 5) is 0. The molecule has 0 fully saturated rings. The number of aryl methyl sites for hydroxylation is 1. The van der Waals surface area contributed by atoms with Gasteiger partial charge in [-0.15, -0.1) is 0 Å². The number of nitrogens with one attached hydrogen (secondary N) is 1. The lowest BCUT2D eigenvalue weighted by Gasteiger charge is -2.39. The van der Waals surface area contributed by atoms with E-state index in [4.69, 9.17) is 4.74 Å². The summed E-state index contributed by atoms with van der Waals surface area (Å²) in [6.07, 6.45) is 3.75. The number of halogens is 1. The number of hydrogen-bond donors (Lipinski definition) is 1. The van der Waals surface area contributed by atoms with Gasteiger partial charge in [-0.2, -0.15) is 0 Å². The molecule has 120 valence electrons. The zero-order valence-electron chi connectivity index (χ0n) is 14.1.